The van der Waals surface area contributed by atoms with Crippen LogP contribution in [0, 0.1) is 13.8 Å². The van der Waals surface area contributed by atoms with Crippen LogP contribution < -0.4 is 10.1 Å². The lowest BCUT2D eigenvalue weighted by molar-refractivity contribution is 0.0274. The third kappa shape index (κ3) is 4.67. The van der Waals surface area contributed by atoms with Crippen LogP contribution in [0.2, 0.25) is 0 Å². The zero-order valence-electron chi connectivity index (χ0n) is 19.0. The minimum Gasteiger partial charge on any atom is -0.489 e. The van der Waals surface area contributed by atoms with Crippen LogP contribution >= 0.6 is 0 Å². The lowest BCUT2D eigenvalue weighted by Gasteiger charge is -2.24. The average molecular weight is 447 g/mol. The molecule has 0 amide bonds. The highest BCUT2D eigenvalue weighted by Gasteiger charge is 2.34. The quantitative estimate of drug-likeness (QED) is 0.523. The van der Waals surface area contributed by atoms with E-state index in [0.29, 0.717) is 16.6 Å². The maximum atomic E-state index is 13.4. The zero-order chi connectivity index (χ0) is 23.2. The van der Waals surface area contributed by atoms with Gasteiger partial charge in [-0.3, -0.25) is 10.1 Å². The number of rotatable bonds is 6. The summed E-state index contributed by atoms with van der Waals surface area (Å²) in [6.07, 6.45) is 1.64. The van der Waals surface area contributed by atoms with Crippen molar-refractivity contribution in [1.82, 2.24) is 15.2 Å². The Morgan fingerprint density at radius 3 is 2.39 bits per heavy atom. The van der Waals surface area contributed by atoms with Gasteiger partial charge in [-0.2, -0.15) is 5.10 Å². The van der Waals surface area contributed by atoms with E-state index in [1.807, 2.05) is 13.8 Å². The number of hydrogen-bond acceptors (Lipinski definition) is 7. The summed E-state index contributed by atoms with van der Waals surface area (Å²) in [5.41, 5.74) is 1.98. The number of aryl methyl sites for hydroxylation is 1. The van der Waals surface area contributed by atoms with Gasteiger partial charge in [0, 0.05) is 23.2 Å². The number of sulfone groups is 1. The Hall–Kier alpha value is -2.65. The largest absolute Gasteiger partial charge is 0.489 e. The van der Waals surface area contributed by atoms with Crippen molar-refractivity contribution in [1.29, 1.82) is 0 Å². The minimum atomic E-state index is -3.74. The van der Waals surface area contributed by atoms with Crippen LogP contribution in [0.15, 0.2) is 29.3 Å². The molecule has 9 heteroatoms. The first-order chi connectivity index (χ1) is 14.2. The molecule has 0 saturated heterocycles. The molecule has 0 spiro atoms. The number of hydrogen-bond donors (Lipinski definition) is 3. The predicted octanol–water partition coefficient (Wildman–Crippen LogP) is 4.04. The van der Waals surface area contributed by atoms with Gasteiger partial charge in [0.15, 0.2) is 9.84 Å². The summed E-state index contributed by atoms with van der Waals surface area (Å²) in [7, 11) is -3.74. The lowest BCUT2D eigenvalue weighted by atomic mass is 10.1. The van der Waals surface area contributed by atoms with Gasteiger partial charge in [-0.15, -0.1) is 0 Å². The van der Waals surface area contributed by atoms with Gasteiger partial charge in [-0.05, 0) is 60.6 Å². The number of aliphatic hydroxyl groups is 1. The van der Waals surface area contributed by atoms with Crippen molar-refractivity contribution >= 4 is 32.2 Å². The standard InChI is InChI=1S/C22H30N4O4S/c1-13-14(2)25-26-20(13)24-16-8-9-23-17-11-18(30-12-22(6,7)27)19(10-15(16)17)31(28,29)21(3,4)5/h8-11,27H,12H2,1-7H3,(H2,23,24,25,26). The molecule has 3 N–H and O–H groups in total. The Labute approximate surface area is 183 Å². The van der Waals surface area contributed by atoms with Crippen LogP contribution in [0.3, 0.4) is 0 Å². The van der Waals surface area contributed by atoms with Crippen molar-refractivity contribution in [2.75, 3.05) is 11.9 Å². The minimum absolute atomic E-state index is 0.0598. The second kappa shape index (κ2) is 7.80. The van der Waals surface area contributed by atoms with Crippen molar-refractivity contribution in [3.05, 3.63) is 35.7 Å². The van der Waals surface area contributed by atoms with Gasteiger partial charge in [0.1, 0.15) is 23.1 Å². The molecule has 2 aromatic heterocycles. The predicted molar refractivity (Wildman–Crippen MR) is 122 cm³/mol. The zero-order valence-corrected chi connectivity index (χ0v) is 19.8. The molecule has 0 atom stereocenters. The van der Waals surface area contributed by atoms with Crippen LogP contribution in [0.5, 0.6) is 5.75 Å². The van der Waals surface area contributed by atoms with Gasteiger partial charge >= 0.3 is 0 Å². The number of aromatic nitrogens is 3. The second-order valence-corrected chi connectivity index (χ2v) is 12.0. The highest BCUT2D eigenvalue weighted by Crippen LogP contribution is 2.38. The van der Waals surface area contributed by atoms with Gasteiger partial charge in [0.25, 0.3) is 0 Å². The van der Waals surface area contributed by atoms with E-state index in [0.717, 1.165) is 17.1 Å². The average Bonchev–Trinajstić information content (AvgIpc) is 2.96. The summed E-state index contributed by atoms with van der Waals surface area (Å²) in [5.74, 6) is 0.898. The number of fused-ring (bicyclic) bond motifs is 1. The third-order valence-corrected chi connectivity index (χ3v) is 7.51. The molecule has 0 radical (unpaired) electrons. The van der Waals surface area contributed by atoms with E-state index in [9.17, 15) is 13.5 Å². The molecular formula is C22H30N4O4S. The van der Waals surface area contributed by atoms with E-state index in [1.54, 1.807) is 59.0 Å². The number of pyridine rings is 1. The molecule has 1 aromatic carbocycles. The number of ether oxygens (including phenoxy) is 1. The van der Waals surface area contributed by atoms with Gasteiger partial charge in [-0.1, -0.05) is 0 Å². The summed E-state index contributed by atoms with van der Waals surface area (Å²) in [6.45, 7) is 11.9. The number of nitrogens with one attached hydrogen (secondary N) is 2. The molecule has 0 aliphatic carbocycles. The van der Waals surface area contributed by atoms with Crippen LogP contribution in [-0.4, -0.2) is 45.7 Å². The molecule has 3 rings (SSSR count). The highest BCUT2D eigenvalue weighted by atomic mass is 32.2. The van der Waals surface area contributed by atoms with Crippen LogP contribution in [0.25, 0.3) is 10.9 Å². The van der Waals surface area contributed by atoms with Crippen LogP contribution in [0.1, 0.15) is 45.9 Å². The normalized spacial score (nSPS) is 12.9. The molecule has 3 aromatic rings. The number of benzene rings is 1. The van der Waals surface area contributed by atoms with Gasteiger partial charge in [-0.25, -0.2) is 8.42 Å². The van der Waals surface area contributed by atoms with E-state index in [4.69, 9.17) is 4.74 Å². The number of nitrogens with zero attached hydrogens (tertiary/aromatic N) is 2. The summed E-state index contributed by atoms with van der Waals surface area (Å²) < 4.78 is 31.5. The SMILES string of the molecule is Cc1n[nH]c(Nc2ccnc3cc(OCC(C)(C)O)c(S(=O)(=O)C(C)(C)C)cc23)c1C. The van der Waals surface area contributed by atoms with Crippen molar-refractivity contribution in [2.45, 2.75) is 63.7 Å². The summed E-state index contributed by atoms with van der Waals surface area (Å²) >= 11 is 0. The van der Waals surface area contributed by atoms with Crippen molar-refractivity contribution < 1.29 is 18.3 Å². The van der Waals surface area contributed by atoms with Crippen LogP contribution in [-0.2, 0) is 9.84 Å². The van der Waals surface area contributed by atoms with E-state index in [1.165, 1.54) is 0 Å². The molecular weight excluding hydrogens is 416 g/mol. The Morgan fingerprint density at radius 2 is 1.84 bits per heavy atom. The molecule has 168 valence electrons. The van der Waals surface area contributed by atoms with Crippen LogP contribution in [0.4, 0.5) is 11.5 Å². The number of aromatic amines is 1. The van der Waals surface area contributed by atoms with Crippen molar-refractivity contribution in [2.24, 2.45) is 0 Å². The first-order valence-corrected chi connectivity index (χ1v) is 11.5. The maximum Gasteiger partial charge on any atom is 0.186 e. The molecule has 0 aliphatic heterocycles. The highest BCUT2D eigenvalue weighted by molar-refractivity contribution is 7.92. The fraction of sp³-hybridized carbons (Fsp3) is 0.455. The fourth-order valence-corrected chi connectivity index (χ4v) is 4.23. The number of H-pyrrole nitrogens is 1. The first-order valence-electron chi connectivity index (χ1n) is 10.0. The summed E-state index contributed by atoms with van der Waals surface area (Å²) in [5, 5.41) is 21.2. The molecule has 8 nitrogen and oxygen atoms in total. The Bertz CT molecular complexity index is 1220. The Balaban J connectivity index is 2.20. The first kappa shape index (κ1) is 23.0. The molecule has 0 unspecified atom stereocenters. The lowest BCUT2D eigenvalue weighted by Crippen LogP contribution is -2.30. The third-order valence-electron chi connectivity index (χ3n) is 5.00. The van der Waals surface area contributed by atoms with E-state index in [2.05, 4.69) is 20.5 Å². The topological polar surface area (TPSA) is 117 Å². The second-order valence-electron chi connectivity index (χ2n) is 9.33. The van der Waals surface area contributed by atoms with E-state index in [-0.39, 0.29) is 17.3 Å². The Kier molecular flexibility index (Phi) is 5.79. The molecule has 0 aliphatic rings. The molecule has 2 heterocycles. The Morgan fingerprint density at radius 1 is 1.16 bits per heavy atom. The monoisotopic (exact) mass is 446 g/mol. The maximum absolute atomic E-state index is 13.4. The fourth-order valence-electron chi connectivity index (χ4n) is 2.91. The van der Waals surface area contributed by atoms with E-state index >= 15 is 0 Å². The summed E-state index contributed by atoms with van der Waals surface area (Å²) in [4.78, 5) is 4.46. The van der Waals surface area contributed by atoms with E-state index < -0.39 is 20.2 Å². The van der Waals surface area contributed by atoms with Gasteiger partial charge in [0.05, 0.1) is 27.2 Å². The van der Waals surface area contributed by atoms with Gasteiger partial charge < -0.3 is 15.2 Å². The molecule has 0 saturated carbocycles. The number of anilines is 2. The summed E-state index contributed by atoms with van der Waals surface area (Å²) in [6, 6.07) is 4.97. The molecule has 31 heavy (non-hydrogen) atoms. The van der Waals surface area contributed by atoms with Crippen molar-refractivity contribution in [3.63, 3.8) is 0 Å². The van der Waals surface area contributed by atoms with Crippen molar-refractivity contribution in [3.8, 4) is 5.75 Å². The van der Waals surface area contributed by atoms with Gasteiger partial charge in [0.2, 0.25) is 0 Å². The molecule has 0 bridgehead atoms. The smallest absolute Gasteiger partial charge is 0.186 e. The molecule has 0 fully saturated rings.